The summed E-state index contributed by atoms with van der Waals surface area (Å²) in [5, 5.41) is 0.745. The topological polar surface area (TPSA) is 76.8 Å². The maximum atomic E-state index is 12.6. The lowest BCUT2D eigenvalue weighted by Crippen LogP contribution is -2.26. The van der Waals surface area contributed by atoms with Crippen LogP contribution >= 0.6 is 0 Å². The van der Waals surface area contributed by atoms with E-state index in [9.17, 15) is 14.4 Å². The number of benzene rings is 2. The normalized spacial score (nSPS) is 16.3. The van der Waals surface area contributed by atoms with Crippen LogP contribution in [-0.2, 0) is 20.9 Å². The predicted octanol–water partition coefficient (Wildman–Crippen LogP) is 3.81. The molecule has 0 radical (unpaired) electrons. The van der Waals surface area contributed by atoms with Gasteiger partial charge in [-0.25, -0.2) is 4.79 Å². The second-order valence-electron chi connectivity index (χ2n) is 7.87. The number of carbonyl (C=O) groups excluding carboxylic acids is 2. The molecule has 0 aliphatic carbocycles. The van der Waals surface area contributed by atoms with Gasteiger partial charge in [0.25, 0.3) is 0 Å². The van der Waals surface area contributed by atoms with Crippen molar-refractivity contribution in [1.82, 2.24) is 0 Å². The van der Waals surface area contributed by atoms with Crippen LogP contribution in [0.25, 0.3) is 11.0 Å². The molecular formula is C24H23NO5. The van der Waals surface area contributed by atoms with Gasteiger partial charge in [0, 0.05) is 35.7 Å². The van der Waals surface area contributed by atoms with Gasteiger partial charge in [0.2, 0.25) is 5.91 Å². The van der Waals surface area contributed by atoms with E-state index in [0.29, 0.717) is 11.1 Å². The highest BCUT2D eigenvalue weighted by Gasteiger charge is 2.36. The van der Waals surface area contributed by atoms with Gasteiger partial charge in [0.1, 0.15) is 12.2 Å². The largest absolute Gasteiger partial charge is 0.461 e. The fourth-order valence-corrected chi connectivity index (χ4v) is 3.71. The third-order valence-corrected chi connectivity index (χ3v) is 5.62. The van der Waals surface area contributed by atoms with E-state index in [1.807, 2.05) is 57.2 Å². The van der Waals surface area contributed by atoms with Crippen molar-refractivity contribution >= 4 is 28.5 Å². The van der Waals surface area contributed by atoms with Crippen molar-refractivity contribution in [3.05, 3.63) is 75.1 Å². The molecule has 3 aromatic rings. The van der Waals surface area contributed by atoms with Gasteiger partial charge >= 0.3 is 11.6 Å². The summed E-state index contributed by atoms with van der Waals surface area (Å²) >= 11 is 0. The molecule has 0 spiro atoms. The minimum atomic E-state index is -0.533. The lowest BCUT2D eigenvalue weighted by molar-refractivity contribution is -0.149. The SMILES string of the molecule is Cc1ccc(N2C[C@H](C(=O)OCc3cc(=O)oc4cc(C)c(C)cc34)CC2=O)cc1. The van der Waals surface area contributed by atoms with Crippen molar-refractivity contribution in [3.63, 3.8) is 0 Å². The lowest BCUT2D eigenvalue weighted by atomic mass is 10.0. The Labute approximate surface area is 174 Å². The maximum Gasteiger partial charge on any atom is 0.336 e. The van der Waals surface area contributed by atoms with Crippen LogP contribution in [0, 0.1) is 26.7 Å². The molecule has 0 saturated carbocycles. The molecular weight excluding hydrogens is 382 g/mol. The molecule has 0 bridgehead atoms. The number of rotatable bonds is 4. The Bertz CT molecular complexity index is 1190. The molecule has 1 fully saturated rings. The van der Waals surface area contributed by atoms with Gasteiger partial charge in [-0.1, -0.05) is 17.7 Å². The van der Waals surface area contributed by atoms with Gasteiger partial charge in [-0.15, -0.1) is 0 Å². The zero-order chi connectivity index (χ0) is 21.4. The molecule has 0 N–H and O–H groups in total. The van der Waals surface area contributed by atoms with Crippen LogP contribution in [0.15, 0.2) is 51.7 Å². The van der Waals surface area contributed by atoms with Crippen LogP contribution in [0.1, 0.15) is 28.7 Å². The fraction of sp³-hybridized carbons (Fsp3) is 0.292. The van der Waals surface area contributed by atoms with Crippen LogP contribution in [0.4, 0.5) is 5.69 Å². The summed E-state index contributed by atoms with van der Waals surface area (Å²) in [5.41, 5.74) is 4.53. The highest BCUT2D eigenvalue weighted by molar-refractivity contribution is 5.99. The van der Waals surface area contributed by atoms with Crippen LogP contribution in [0.3, 0.4) is 0 Å². The number of carbonyl (C=O) groups is 2. The monoisotopic (exact) mass is 405 g/mol. The van der Waals surface area contributed by atoms with Crippen molar-refractivity contribution in [2.75, 3.05) is 11.4 Å². The molecule has 1 aliphatic rings. The molecule has 154 valence electrons. The third kappa shape index (κ3) is 3.85. The standard InChI is InChI=1S/C24H23NO5/c1-14-4-6-19(7-5-14)25-12-17(10-22(25)26)24(28)29-13-18-11-23(27)30-21-9-16(3)15(2)8-20(18)21/h4-9,11,17H,10,12-13H2,1-3H3/t17-/m1/s1. The van der Waals surface area contributed by atoms with Crippen molar-refractivity contribution in [1.29, 1.82) is 0 Å². The molecule has 2 aromatic carbocycles. The Balaban J connectivity index is 1.49. The van der Waals surface area contributed by atoms with Gasteiger partial charge in [0.05, 0.1) is 5.92 Å². The maximum absolute atomic E-state index is 12.6. The number of esters is 1. The summed E-state index contributed by atoms with van der Waals surface area (Å²) in [6, 6.07) is 12.7. The first-order chi connectivity index (χ1) is 14.3. The number of fused-ring (bicyclic) bond motifs is 1. The molecule has 1 saturated heterocycles. The zero-order valence-electron chi connectivity index (χ0n) is 17.2. The van der Waals surface area contributed by atoms with E-state index >= 15 is 0 Å². The second-order valence-corrected chi connectivity index (χ2v) is 7.87. The minimum absolute atomic E-state index is 0.0430. The molecule has 6 nitrogen and oxygen atoms in total. The molecule has 2 heterocycles. The summed E-state index contributed by atoms with van der Waals surface area (Å²) in [6.45, 7) is 6.14. The first kappa shape index (κ1) is 19.9. The van der Waals surface area contributed by atoms with Crippen LogP contribution in [0.2, 0.25) is 0 Å². The highest BCUT2D eigenvalue weighted by atomic mass is 16.5. The van der Waals surface area contributed by atoms with Gasteiger partial charge < -0.3 is 14.1 Å². The molecule has 1 aromatic heterocycles. The Kier molecular flexibility index (Phi) is 5.16. The fourth-order valence-electron chi connectivity index (χ4n) is 3.71. The minimum Gasteiger partial charge on any atom is -0.461 e. The van der Waals surface area contributed by atoms with E-state index in [2.05, 4.69) is 0 Å². The van der Waals surface area contributed by atoms with Gasteiger partial charge in [-0.2, -0.15) is 0 Å². The molecule has 1 atom stereocenters. The Hall–Kier alpha value is -3.41. The van der Waals surface area contributed by atoms with Crippen molar-refractivity contribution in [3.8, 4) is 0 Å². The number of aryl methyl sites for hydroxylation is 3. The van der Waals surface area contributed by atoms with Crippen LogP contribution < -0.4 is 10.5 Å². The molecule has 30 heavy (non-hydrogen) atoms. The van der Waals surface area contributed by atoms with E-state index in [1.54, 1.807) is 4.90 Å². The number of amides is 1. The van der Waals surface area contributed by atoms with Crippen molar-refractivity contribution in [2.24, 2.45) is 5.92 Å². The van der Waals surface area contributed by atoms with Crippen molar-refractivity contribution < 1.29 is 18.7 Å². The summed E-state index contributed by atoms with van der Waals surface area (Å²) in [5.74, 6) is -1.07. The van der Waals surface area contributed by atoms with Crippen molar-refractivity contribution in [2.45, 2.75) is 33.8 Å². The Morgan fingerprint density at radius 1 is 1.07 bits per heavy atom. The molecule has 1 aliphatic heterocycles. The van der Waals surface area contributed by atoms with E-state index in [4.69, 9.17) is 9.15 Å². The predicted molar refractivity (Wildman–Crippen MR) is 113 cm³/mol. The van der Waals surface area contributed by atoms with Crippen LogP contribution in [0.5, 0.6) is 0 Å². The number of ether oxygens (including phenoxy) is 1. The molecule has 1 amide bonds. The van der Waals surface area contributed by atoms with Gasteiger partial charge in [0.15, 0.2) is 0 Å². The number of hydrogen-bond donors (Lipinski definition) is 0. The molecule has 0 unspecified atom stereocenters. The second kappa shape index (κ2) is 7.78. The summed E-state index contributed by atoms with van der Waals surface area (Å²) in [7, 11) is 0. The first-order valence-electron chi connectivity index (χ1n) is 9.89. The smallest absolute Gasteiger partial charge is 0.336 e. The Morgan fingerprint density at radius 3 is 2.50 bits per heavy atom. The number of anilines is 1. The summed E-state index contributed by atoms with van der Waals surface area (Å²) in [6.07, 6.45) is 0.114. The summed E-state index contributed by atoms with van der Waals surface area (Å²) < 4.78 is 10.8. The average Bonchev–Trinajstić information content (AvgIpc) is 3.09. The lowest BCUT2D eigenvalue weighted by Gasteiger charge is -2.17. The average molecular weight is 405 g/mol. The quantitative estimate of drug-likeness (QED) is 0.487. The van der Waals surface area contributed by atoms with Gasteiger partial charge in [-0.3, -0.25) is 9.59 Å². The van der Waals surface area contributed by atoms with E-state index < -0.39 is 17.5 Å². The molecule has 6 heteroatoms. The molecule has 4 rings (SSSR count). The third-order valence-electron chi connectivity index (χ3n) is 5.62. The van der Waals surface area contributed by atoms with Gasteiger partial charge in [-0.05, 0) is 56.2 Å². The highest BCUT2D eigenvalue weighted by Crippen LogP contribution is 2.27. The number of hydrogen-bond acceptors (Lipinski definition) is 5. The van der Waals surface area contributed by atoms with E-state index in [-0.39, 0.29) is 25.5 Å². The zero-order valence-corrected chi connectivity index (χ0v) is 17.2. The summed E-state index contributed by atoms with van der Waals surface area (Å²) in [4.78, 5) is 38.6. The van der Waals surface area contributed by atoms with Crippen LogP contribution in [-0.4, -0.2) is 18.4 Å². The first-order valence-corrected chi connectivity index (χ1v) is 9.89. The van der Waals surface area contributed by atoms with E-state index in [0.717, 1.165) is 27.8 Å². The Morgan fingerprint density at radius 2 is 1.77 bits per heavy atom. The van der Waals surface area contributed by atoms with E-state index in [1.165, 1.54) is 6.07 Å². The number of nitrogens with zero attached hydrogens (tertiary/aromatic N) is 1.